The van der Waals surface area contributed by atoms with E-state index < -0.39 is 0 Å². The average molecular weight is 291 g/mol. The molecule has 0 bridgehead atoms. The molecule has 22 heavy (non-hydrogen) atoms. The van der Waals surface area contributed by atoms with Gasteiger partial charge in [-0.3, -0.25) is 4.79 Å². The van der Waals surface area contributed by atoms with E-state index >= 15 is 0 Å². The van der Waals surface area contributed by atoms with Crippen LogP contribution in [0.4, 0.5) is 0 Å². The smallest absolute Gasteiger partial charge is 0.230 e. The number of carbonyl (C=O) groups excluding carboxylic acids is 1. The summed E-state index contributed by atoms with van der Waals surface area (Å²) in [4.78, 5) is 12.9. The van der Waals surface area contributed by atoms with E-state index in [0.29, 0.717) is 12.0 Å². The molecule has 2 saturated carbocycles. The number of benzene rings is 2. The lowest BCUT2D eigenvalue weighted by atomic mass is 9.64. The summed E-state index contributed by atoms with van der Waals surface area (Å²) >= 11 is 0. The van der Waals surface area contributed by atoms with Crippen LogP contribution in [0.5, 0.6) is 0 Å². The van der Waals surface area contributed by atoms with E-state index in [1.807, 2.05) is 24.3 Å². The quantitative estimate of drug-likeness (QED) is 0.912. The molecule has 4 rings (SSSR count). The molecule has 0 heterocycles. The maximum absolute atomic E-state index is 12.9. The van der Waals surface area contributed by atoms with Crippen LogP contribution >= 0.6 is 0 Å². The third-order valence-electron chi connectivity index (χ3n) is 5.30. The van der Waals surface area contributed by atoms with Gasteiger partial charge < -0.3 is 5.32 Å². The minimum absolute atomic E-state index is 0.230. The van der Waals surface area contributed by atoms with Gasteiger partial charge in [-0.25, -0.2) is 0 Å². The fraction of sp³-hybridized carbons (Fsp3) is 0.350. The Kier molecular flexibility index (Phi) is 3.25. The molecule has 2 atom stereocenters. The Morgan fingerprint density at radius 1 is 0.955 bits per heavy atom. The molecule has 0 saturated heterocycles. The average Bonchev–Trinajstić information content (AvgIpc) is 3.27. The fourth-order valence-corrected chi connectivity index (χ4v) is 3.66. The summed E-state index contributed by atoms with van der Waals surface area (Å²) in [6.45, 7) is 0. The molecule has 0 aromatic heterocycles. The second kappa shape index (κ2) is 5.28. The summed E-state index contributed by atoms with van der Waals surface area (Å²) in [6.07, 6.45) is 4.17. The number of nitrogens with one attached hydrogen (secondary N) is 1. The minimum atomic E-state index is -0.273. The van der Waals surface area contributed by atoms with E-state index in [1.54, 1.807) is 0 Å². The Bertz CT molecular complexity index is 661. The van der Waals surface area contributed by atoms with E-state index in [4.69, 9.17) is 0 Å². The molecule has 112 valence electrons. The first-order valence-corrected chi connectivity index (χ1v) is 8.21. The Hall–Kier alpha value is -2.09. The van der Waals surface area contributed by atoms with Crippen molar-refractivity contribution in [1.82, 2.24) is 5.32 Å². The molecule has 2 aromatic carbocycles. The Labute approximate surface area is 131 Å². The molecule has 2 nitrogen and oxygen atoms in total. The van der Waals surface area contributed by atoms with E-state index in [1.165, 1.54) is 11.1 Å². The van der Waals surface area contributed by atoms with Crippen LogP contribution in [0.1, 0.15) is 42.7 Å². The van der Waals surface area contributed by atoms with Gasteiger partial charge in [-0.15, -0.1) is 0 Å². The molecular formula is C20H21NO. The second-order valence-corrected chi connectivity index (χ2v) is 6.63. The molecule has 0 unspecified atom stereocenters. The zero-order valence-electron chi connectivity index (χ0n) is 12.7. The highest BCUT2D eigenvalue weighted by Crippen LogP contribution is 2.46. The van der Waals surface area contributed by atoms with Crippen LogP contribution in [-0.4, -0.2) is 11.9 Å². The van der Waals surface area contributed by atoms with Crippen LogP contribution in [-0.2, 0) is 10.2 Å². The van der Waals surface area contributed by atoms with Crippen molar-refractivity contribution < 1.29 is 4.79 Å². The van der Waals surface area contributed by atoms with Gasteiger partial charge in [-0.05, 0) is 30.4 Å². The molecule has 2 aliphatic rings. The minimum Gasteiger partial charge on any atom is -0.352 e. The SMILES string of the molecule is O=C(N[C@@H]1C[C@@H]1c1ccccc1)C1(c2ccccc2)CCC1. The van der Waals surface area contributed by atoms with E-state index in [2.05, 4.69) is 41.7 Å². The zero-order valence-corrected chi connectivity index (χ0v) is 12.7. The van der Waals surface area contributed by atoms with Crippen LogP contribution in [0, 0.1) is 0 Å². The normalized spacial score (nSPS) is 25.1. The second-order valence-electron chi connectivity index (χ2n) is 6.63. The number of rotatable bonds is 4. The maximum atomic E-state index is 12.9. The van der Waals surface area contributed by atoms with Gasteiger partial charge in [0.15, 0.2) is 0 Å². The number of amides is 1. The summed E-state index contributed by atoms with van der Waals surface area (Å²) in [5.41, 5.74) is 2.25. The van der Waals surface area contributed by atoms with E-state index in [0.717, 1.165) is 25.7 Å². The molecule has 2 heteroatoms. The van der Waals surface area contributed by atoms with Crippen molar-refractivity contribution in [1.29, 1.82) is 0 Å². The van der Waals surface area contributed by atoms with Crippen molar-refractivity contribution in [2.45, 2.75) is 43.1 Å². The Morgan fingerprint density at radius 2 is 1.59 bits per heavy atom. The maximum Gasteiger partial charge on any atom is 0.230 e. The van der Waals surface area contributed by atoms with Gasteiger partial charge in [-0.1, -0.05) is 67.1 Å². The van der Waals surface area contributed by atoms with Gasteiger partial charge in [0.2, 0.25) is 5.91 Å². The molecule has 2 aliphatic carbocycles. The van der Waals surface area contributed by atoms with Crippen molar-refractivity contribution in [2.75, 3.05) is 0 Å². The largest absolute Gasteiger partial charge is 0.352 e. The van der Waals surface area contributed by atoms with Gasteiger partial charge in [0.25, 0.3) is 0 Å². The van der Waals surface area contributed by atoms with E-state index in [-0.39, 0.29) is 11.3 Å². The van der Waals surface area contributed by atoms with E-state index in [9.17, 15) is 4.79 Å². The van der Waals surface area contributed by atoms with Gasteiger partial charge in [0, 0.05) is 12.0 Å². The van der Waals surface area contributed by atoms with Crippen LogP contribution in [0.3, 0.4) is 0 Å². The summed E-state index contributed by atoms with van der Waals surface area (Å²) in [6, 6.07) is 21.1. The Morgan fingerprint density at radius 3 is 2.18 bits per heavy atom. The summed E-state index contributed by atoms with van der Waals surface area (Å²) in [5, 5.41) is 3.30. The Balaban J connectivity index is 1.47. The molecule has 2 fully saturated rings. The molecule has 0 spiro atoms. The third kappa shape index (κ3) is 2.23. The van der Waals surface area contributed by atoms with Gasteiger partial charge >= 0.3 is 0 Å². The van der Waals surface area contributed by atoms with Crippen molar-refractivity contribution in [3.63, 3.8) is 0 Å². The van der Waals surface area contributed by atoms with Gasteiger partial charge in [0.1, 0.15) is 0 Å². The first-order valence-electron chi connectivity index (χ1n) is 8.21. The lowest BCUT2D eigenvalue weighted by molar-refractivity contribution is -0.130. The topological polar surface area (TPSA) is 29.1 Å². The fourth-order valence-electron chi connectivity index (χ4n) is 3.66. The highest BCUT2D eigenvalue weighted by atomic mass is 16.2. The lowest BCUT2D eigenvalue weighted by Gasteiger charge is -2.40. The first kappa shape index (κ1) is 13.6. The van der Waals surface area contributed by atoms with Gasteiger partial charge in [0.05, 0.1) is 5.41 Å². The highest BCUT2D eigenvalue weighted by molar-refractivity contribution is 5.89. The number of hydrogen-bond donors (Lipinski definition) is 1. The first-order chi connectivity index (χ1) is 10.8. The summed E-state index contributed by atoms with van der Waals surface area (Å²) in [5.74, 6) is 0.728. The predicted molar refractivity (Wildman–Crippen MR) is 87.7 cm³/mol. The van der Waals surface area contributed by atoms with Crippen LogP contribution in [0.15, 0.2) is 60.7 Å². The molecule has 1 amide bonds. The van der Waals surface area contributed by atoms with Crippen LogP contribution < -0.4 is 5.32 Å². The molecule has 0 aliphatic heterocycles. The van der Waals surface area contributed by atoms with Crippen LogP contribution in [0.2, 0.25) is 0 Å². The third-order valence-corrected chi connectivity index (χ3v) is 5.30. The van der Waals surface area contributed by atoms with Crippen molar-refractivity contribution in [3.05, 3.63) is 71.8 Å². The van der Waals surface area contributed by atoms with Crippen molar-refractivity contribution in [2.24, 2.45) is 0 Å². The molecule has 0 radical (unpaired) electrons. The molecule has 2 aromatic rings. The lowest BCUT2D eigenvalue weighted by Crippen LogP contribution is -2.50. The molecular weight excluding hydrogens is 270 g/mol. The standard InChI is InChI=1S/C20H21NO/c22-19(20(12-7-13-20)16-10-5-2-6-11-16)21-18-14-17(18)15-8-3-1-4-9-15/h1-6,8-11,17-18H,7,12-14H2,(H,21,22)/t17-,18-/m1/s1. The highest BCUT2D eigenvalue weighted by Gasteiger charge is 2.48. The van der Waals surface area contributed by atoms with Gasteiger partial charge in [-0.2, -0.15) is 0 Å². The number of carbonyl (C=O) groups is 1. The monoisotopic (exact) mass is 291 g/mol. The zero-order chi connectivity index (χ0) is 15.0. The molecule has 1 N–H and O–H groups in total. The van der Waals surface area contributed by atoms with Crippen molar-refractivity contribution in [3.8, 4) is 0 Å². The summed E-state index contributed by atoms with van der Waals surface area (Å²) in [7, 11) is 0. The number of hydrogen-bond acceptors (Lipinski definition) is 1. The van der Waals surface area contributed by atoms with Crippen molar-refractivity contribution >= 4 is 5.91 Å². The predicted octanol–water partition coefficient (Wildman–Crippen LogP) is 3.78. The summed E-state index contributed by atoms with van der Waals surface area (Å²) < 4.78 is 0. The van der Waals surface area contributed by atoms with Crippen LogP contribution in [0.25, 0.3) is 0 Å².